The number of aromatic amines is 2. The summed E-state index contributed by atoms with van der Waals surface area (Å²) in [4.78, 5) is 26.7. The highest BCUT2D eigenvalue weighted by Crippen LogP contribution is 2.21. The van der Waals surface area contributed by atoms with Gasteiger partial charge in [-0.1, -0.05) is 0 Å². The maximum Gasteiger partial charge on any atom is 0.327 e. The minimum atomic E-state index is -0.694. The van der Waals surface area contributed by atoms with E-state index >= 15 is 0 Å². The molecule has 8 heteroatoms. The van der Waals surface area contributed by atoms with Gasteiger partial charge >= 0.3 is 5.69 Å². The number of nitrogen functional groups attached to an aromatic ring is 1. The number of benzene rings is 1. The second-order valence-corrected chi connectivity index (χ2v) is 3.80. The maximum absolute atomic E-state index is 11.5. The Morgan fingerprint density at radius 1 is 1.15 bits per heavy atom. The minimum absolute atomic E-state index is 0.131. The molecule has 0 amide bonds. The van der Waals surface area contributed by atoms with Crippen LogP contribution in [0.4, 0.5) is 17.2 Å². The van der Waals surface area contributed by atoms with Crippen molar-refractivity contribution in [1.82, 2.24) is 9.97 Å². The molecular weight excluding hydrogens is 262 g/mol. The average molecular weight is 275 g/mol. The Kier molecular flexibility index (Phi) is 3.94. The summed E-state index contributed by atoms with van der Waals surface area (Å²) in [6, 6.07) is 6.84. The van der Waals surface area contributed by atoms with E-state index in [1.807, 2.05) is 11.9 Å². The van der Waals surface area contributed by atoms with Gasteiger partial charge in [-0.25, -0.2) is 4.79 Å². The van der Waals surface area contributed by atoms with E-state index < -0.39 is 11.2 Å². The van der Waals surface area contributed by atoms with Gasteiger partial charge in [0, 0.05) is 0 Å². The molecule has 20 heavy (non-hydrogen) atoms. The summed E-state index contributed by atoms with van der Waals surface area (Å²) in [5.41, 5.74) is 4.51. The van der Waals surface area contributed by atoms with Gasteiger partial charge in [0.15, 0.2) is 5.69 Å². The number of H-pyrrole nitrogens is 2. The van der Waals surface area contributed by atoms with Crippen molar-refractivity contribution in [2.24, 2.45) is 10.2 Å². The first kappa shape index (κ1) is 13.5. The predicted octanol–water partition coefficient (Wildman–Crippen LogP) is 1.46. The van der Waals surface area contributed by atoms with Crippen LogP contribution in [-0.2, 0) is 0 Å². The lowest BCUT2D eigenvalue weighted by Crippen LogP contribution is -2.23. The van der Waals surface area contributed by atoms with E-state index in [2.05, 4.69) is 15.2 Å². The third-order valence-corrected chi connectivity index (χ3v) is 2.36. The molecule has 104 valence electrons. The van der Waals surface area contributed by atoms with Crippen molar-refractivity contribution in [3.05, 3.63) is 45.1 Å². The van der Waals surface area contributed by atoms with E-state index in [0.29, 0.717) is 18.0 Å². The van der Waals surface area contributed by atoms with E-state index in [1.165, 1.54) is 0 Å². The van der Waals surface area contributed by atoms with Crippen molar-refractivity contribution in [3.63, 3.8) is 0 Å². The largest absolute Gasteiger partial charge is 0.494 e. The number of nitrogens with two attached hydrogens (primary N) is 1. The van der Waals surface area contributed by atoms with Crippen molar-refractivity contribution >= 4 is 17.2 Å². The molecule has 0 atom stereocenters. The number of hydrogen-bond donors (Lipinski definition) is 3. The van der Waals surface area contributed by atoms with Crippen LogP contribution in [0.3, 0.4) is 0 Å². The molecule has 8 nitrogen and oxygen atoms in total. The highest BCUT2D eigenvalue weighted by Gasteiger charge is 2.05. The molecule has 0 aliphatic rings. The molecule has 0 fully saturated rings. The molecule has 4 N–H and O–H groups in total. The Morgan fingerprint density at radius 2 is 1.85 bits per heavy atom. The van der Waals surface area contributed by atoms with Crippen molar-refractivity contribution in [1.29, 1.82) is 0 Å². The quantitative estimate of drug-likeness (QED) is 0.730. The highest BCUT2D eigenvalue weighted by atomic mass is 16.5. The molecule has 0 spiro atoms. The Hall–Kier alpha value is -2.90. The second kappa shape index (κ2) is 5.83. The van der Waals surface area contributed by atoms with Crippen LogP contribution in [0.5, 0.6) is 5.75 Å². The molecule has 0 aliphatic heterocycles. The topological polar surface area (TPSA) is 126 Å². The smallest absolute Gasteiger partial charge is 0.327 e. The first-order valence-corrected chi connectivity index (χ1v) is 5.87. The van der Waals surface area contributed by atoms with Gasteiger partial charge in [0.2, 0.25) is 0 Å². The summed E-state index contributed by atoms with van der Waals surface area (Å²) >= 11 is 0. The SMILES string of the molecule is CCOc1ccc(N=Nc2c(N)[nH]c(=O)[nH]c2=O)cc1. The zero-order chi connectivity index (χ0) is 14.5. The molecule has 0 saturated heterocycles. The molecule has 2 rings (SSSR count). The summed E-state index contributed by atoms with van der Waals surface area (Å²) in [7, 11) is 0. The number of azo groups is 1. The Balaban J connectivity index is 2.25. The number of aromatic nitrogens is 2. The lowest BCUT2D eigenvalue weighted by Gasteiger charge is -2.01. The van der Waals surface area contributed by atoms with E-state index in [1.54, 1.807) is 24.3 Å². The summed E-state index contributed by atoms with van der Waals surface area (Å²) < 4.78 is 5.29. The molecule has 0 radical (unpaired) electrons. The number of ether oxygens (including phenoxy) is 1. The normalized spacial score (nSPS) is 10.8. The van der Waals surface area contributed by atoms with Gasteiger partial charge < -0.3 is 10.5 Å². The first-order valence-electron chi connectivity index (χ1n) is 5.87. The average Bonchev–Trinajstić information content (AvgIpc) is 2.39. The second-order valence-electron chi connectivity index (χ2n) is 3.80. The third-order valence-electron chi connectivity index (χ3n) is 2.36. The van der Waals surface area contributed by atoms with E-state index in [-0.39, 0.29) is 11.5 Å². The summed E-state index contributed by atoms with van der Waals surface area (Å²) in [6.07, 6.45) is 0. The monoisotopic (exact) mass is 275 g/mol. The molecule has 0 unspecified atom stereocenters. The van der Waals surface area contributed by atoms with Crippen LogP contribution in [0.15, 0.2) is 44.1 Å². The lowest BCUT2D eigenvalue weighted by atomic mass is 10.3. The fourth-order valence-electron chi connectivity index (χ4n) is 1.48. The van der Waals surface area contributed by atoms with E-state index in [4.69, 9.17) is 10.5 Å². The van der Waals surface area contributed by atoms with Crippen molar-refractivity contribution in [3.8, 4) is 5.75 Å². The van der Waals surface area contributed by atoms with E-state index in [0.717, 1.165) is 0 Å². The Labute approximate surface area is 113 Å². The van der Waals surface area contributed by atoms with Gasteiger partial charge in [0.25, 0.3) is 5.56 Å². The van der Waals surface area contributed by atoms with Crippen molar-refractivity contribution < 1.29 is 4.74 Å². The molecule has 1 heterocycles. The van der Waals surface area contributed by atoms with Crippen LogP contribution in [0.1, 0.15) is 6.92 Å². The molecule has 2 aromatic rings. The van der Waals surface area contributed by atoms with Gasteiger partial charge in [-0.3, -0.25) is 14.8 Å². The summed E-state index contributed by atoms with van der Waals surface area (Å²) in [5.74, 6) is 0.585. The van der Waals surface area contributed by atoms with Crippen LogP contribution in [0, 0.1) is 0 Å². The number of anilines is 1. The number of nitrogens with zero attached hydrogens (tertiary/aromatic N) is 2. The lowest BCUT2D eigenvalue weighted by molar-refractivity contribution is 0.340. The van der Waals surface area contributed by atoms with Gasteiger partial charge in [0.05, 0.1) is 12.3 Å². The molecule has 1 aromatic heterocycles. The molecule has 0 saturated carbocycles. The van der Waals surface area contributed by atoms with Crippen LogP contribution in [0.25, 0.3) is 0 Å². The minimum Gasteiger partial charge on any atom is -0.494 e. The number of hydrogen-bond acceptors (Lipinski definition) is 6. The van der Waals surface area contributed by atoms with Gasteiger partial charge in [-0.2, -0.15) is 5.11 Å². The van der Waals surface area contributed by atoms with Gasteiger partial charge in [-0.15, -0.1) is 5.11 Å². The fraction of sp³-hybridized carbons (Fsp3) is 0.167. The maximum atomic E-state index is 11.5. The zero-order valence-corrected chi connectivity index (χ0v) is 10.7. The summed E-state index contributed by atoms with van der Waals surface area (Å²) in [6.45, 7) is 2.46. The van der Waals surface area contributed by atoms with Gasteiger partial charge in [0.1, 0.15) is 11.6 Å². The van der Waals surface area contributed by atoms with Crippen LogP contribution < -0.4 is 21.7 Å². The zero-order valence-electron chi connectivity index (χ0n) is 10.7. The Bertz CT molecular complexity index is 730. The van der Waals surface area contributed by atoms with Crippen LogP contribution in [0.2, 0.25) is 0 Å². The van der Waals surface area contributed by atoms with Gasteiger partial charge in [-0.05, 0) is 31.2 Å². The van der Waals surface area contributed by atoms with E-state index in [9.17, 15) is 9.59 Å². The summed E-state index contributed by atoms with van der Waals surface area (Å²) in [5, 5.41) is 7.61. The third kappa shape index (κ3) is 3.10. The number of rotatable bonds is 4. The molecular formula is C12H13N5O3. The Morgan fingerprint density at radius 3 is 2.45 bits per heavy atom. The van der Waals surface area contributed by atoms with Crippen LogP contribution in [-0.4, -0.2) is 16.6 Å². The molecule has 0 aliphatic carbocycles. The number of nitrogens with one attached hydrogen (secondary N) is 2. The predicted molar refractivity (Wildman–Crippen MR) is 73.9 cm³/mol. The first-order chi connectivity index (χ1) is 9.60. The van der Waals surface area contributed by atoms with Crippen molar-refractivity contribution in [2.45, 2.75) is 6.92 Å². The standard InChI is InChI=1S/C12H13N5O3/c1-2-20-8-5-3-7(4-6-8)16-17-9-10(13)14-12(19)15-11(9)18/h3-6H,2H2,1H3,(H4,13,14,15,18,19). The highest BCUT2D eigenvalue weighted by molar-refractivity contribution is 5.54. The fourth-order valence-corrected chi connectivity index (χ4v) is 1.48. The van der Waals surface area contributed by atoms with Crippen molar-refractivity contribution in [2.75, 3.05) is 12.3 Å². The molecule has 0 bridgehead atoms. The molecule has 1 aromatic carbocycles. The van der Waals surface area contributed by atoms with Crippen LogP contribution >= 0.6 is 0 Å².